The van der Waals surface area contributed by atoms with Gasteiger partial charge in [-0.25, -0.2) is 4.79 Å². The Bertz CT molecular complexity index is 1080. The number of rotatable bonds is 11. The van der Waals surface area contributed by atoms with Crippen molar-refractivity contribution in [2.75, 3.05) is 37.5 Å². The van der Waals surface area contributed by atoms with Crippen molar-refractivity contribution >= 4 is 27.8 Å². The number of benzene rings is 2. The van der Waals surface area contributed by atoms with Crippen LogP contribution in [0, 0.1) is 11.3 Å². The van der Waals surface area contributed by atoms with Crippen molar-refractivity contribution in [3.8, 4) is 17.2 Å². The number of hydrogen-bond donors (Lipinski definition) is 1. The molecule has 0 atom stereocenters. The van der Waals surface area contributed by atoms with E-state index in [1.165, 1.54) is 4.90 Å². The van der Waals surface area contributed by atoms with Crippen LogP contribution in [-0.4, -0.2) is 53.0 Å². The van der Waals surface area contributed by atoms with Crippen LogP contribution in [0.25, 0.3) is 11.1 Å². The summed E-state index contributed by atoms with van der Waals surface area (Å²) >= 11 is 0. The third-order valence-corrected chi connectivity index (χ3v) is 5.10. The molecule has 0 saturated carbocycles. The molecule has 0 bridgehead atoms. The van der Waals surface area contributed by atoms with Gasteiger partial charge in [-0.15, -0.1) is 0 Å². The van der Waals surface area contributed by atoms with Gasteiger partial charge in [0.15, 0.2) is 0 Å². The Labute approximate surface area is 194 Å². The fraction of sp³-hybridized carbons (Fsp3) is 0.348. The van der Waals surface area contributed by atoms with Crippen molar-refractivity contribution in [1.82, 2.24) is 5.32 Å². The molecule has 0 unspecified atom stereocenters. The van der Waals surface area contributed by atoms with Crippen LogP contribution in [0.5, 0.6) is 0 Å². The zero-order valence-electron chi connectivity index (χ0n) is 18.6. The van der Waals surface area contributed by atoms with Gasteiger partial charge in [0.1, 0.15) is 0 Å². The van der Waals surface area contributed by atoms with Crippen molar-refractivity contribution in [1.29, 1.82) is 5.26 Å². The molecule has 0 aliphatic carbocycles. The van der Waals surface area contributed by atoms with E-state index in [0.717, 1.165) is 17.4 Å². The van der Waals surface area contributed by atoms with Gasteiger partial charge in [-0.2, -0.15) is 13.7 Å². The van der Waals surface area contributed by atoms with Crippen LogP contribution in [0.2, 0.25) is 0 Å². The average Bonchev–Trinajstić information content (AvgIpc) is 2.79. The number of esters is 1. The first kappa shape index (κ1) is 25.8. The van der Waals surface area contributed by atoms with E-state index < -0.39 is 22.1 Å². The van der Waals surface area contributed by atoms with Crippen molar-refractivity contribution < 1.29 is 26.9 Å². The van der Waals surface area contributed by atoms with Crippen molar-refractivity contribution in [3.63, 3.8) is 0 Å². The Morgan fingerprint density at radius 2 is 1.67 bits per heavy atom. The monoisotopic (exact) mass is 473 g/mol. The molecule has 0 aromatic heterocycles. The lowest BCUT2D eigenvalue weighted by atomic mass is 10.0. The predicted molar refractivity (Wildman–Crippen MR) is 124 cm³/mol. The second-order valence-electron chi connectivity index (χ2n) is 7.05. The average molecular weight is 474 g/mol. The summed E-state index contributed by atoms with van der Waals surface area (Å²) in [5, 5.41) is 11.6. The van der Waals surface area contributed by atoms with E-state index in [9.17, 15) is 18.0 Å². The number of amides is 2. The van der Waals surface area contributed by atoms with E-state index in [1.807, 2.05) is 24.3 Å². The molecule has 9 nitrogen and oxygen atoms in total. The Morgan fingerprint density at radius 3 is 2.21 bits per heavy atom. The van der Waals surface area contributed by atoms with Gasteiger partial charge in [-0.05, 0) is 48.7 Å². The standard InChI is InChI=1S/C23H27N3O6S/c1-3-31-22(27)13-14-25-23(28)26(15-4-16-32-33(2,29)30)21-11-9-20(10-12-21)19-7-5-18(17-24)6-8-19/h5-12H,3-4,13-16H2,1-2H3,(H,25,28). The third-order valence-electron chi connectivity index (χ3n) is 4.51. The summed E-state index contributed by atoms with van der Waals surface area (Å²) in [4.78, 5) is 25.7. The van der Waals surface area contributed by atoms with E-state index in [0.29, 0.717) is 11.3 Å². The first-order valence-electron chi connectivity index (χ1n) is 10.4. The molecule has 0 fully saturated rings. The van der Waals surface area contributed by atoms with E-state index in [2.05, 4.69) is 11.4 Å². The van der Waals surface area contributed by atoms with Crippen LogP contribution in [0.4, 0.5) is 10.5 Å². The predicted octanol–water partition coefficient (Wildman–Crippen LogP) is 3.06. The Hall–Kier alpha value is -3.42. The van der Waals surface area contributed by atoms with Gasteiger partial charge in [-0.3, -0.25) is 13.9 Å². The SMILES string of the molecule is CCOC(=O)CCNC(=O)N(CCCOS(C)(=O)=O)c1ccc(-c2ccc(C#N)cc2)cc1. The summed E-state index contributed by atoms with van der Waals surface area (Å²) in [6.45, 7) is 2.23. The fourth-order valence-electron chi connectivity index (χ4n) is 2.95. The van der Waals surface area contributed by atoms with Crippen LogP contribution in [0.1, 0.15) is 25.3 Å². The molecule has 0 saturated heterocycles. The molecule has 1 N–H and O–H groups in total. The summed E-state index contributed by atoms with van der Waals surface area (Å²) in [5.41, 5.74) is 3.00. The van der Waals surface area contributed by atoms with Crippen molar-refractivity contribution in [2.45, 2.75) is 19.8 Å². The number of anilines is 1. The lowest BCUT2D eigenvalue weighted by Crippen LogP contribution is -2.41. The van der Waals surface area contributed by atoms with Gasteiger partial charge in [-0.1, -0.05) is 24.3 Å². The highest BCUT2D eigenvalue weighted by Crippen LogP contribution is 2.24. The third kappa shape index (κ3) is 8.92. The Morgan fingerprint density at radius 1 is 1.06 bits per heavy atom. The Kier molecular flexibility index (Phi) is 9.84. The first-order chi connectivity index (χ1) is 15.7. The molecule has 0 aliphatic heterocycles. The van der Waals surface area contributed by atoms with Crippen LogP contribution in [0.15, 0.2) is 48.5 Å². The minimum Gasteiger partial charge on any atom is -0.466 e. The van der Waals surface area contributed by atoms with Gasteiger partial charge in [0.25, 0.3) is 10.1 Å². The summed E-state index contributed by atoms with van der Waals surface area (Å²) < 4.78 is 32.0. The molecule has 0 aliphatic rings. The van der Waals surface area contributed by atoms with Crippen LogP contribution in [0.3, 0.4) is 0 Å². The van der Waals surface area contributed by atoms with Gasteiger partial charge in [0.2, 0.25) is 0 Å². The van der Waals surface area contributed by atoms with Gasteiger partial charge in [0, 0.05) is 18.8 Å². The second kappa shape index (κ2) is 12.6. The molecule has 2 aromatic rings. The lowest BCUT2D eigenvalue weighted by molar-refractivity contribution is -0.142. The summed E-state index contributed by atoms with van der Waals surface area (Å²) in [6.07, 6.45) is 1.30. The molecular formula is C23H27N3O6S. The molecule has 2 amide bonds. The van der Waals surface area contributed by atoms with Crippen LogP contribution < -0.4 is 10.2 Å². The molecular weight excluding hydrogens is 446 g/mol. The van der Waals surface area contributed by atoms with Gasteiger partial charge in [0.05, 0.1) is 37.5 Å². The minimum absolute atomic E-state index is 0.0439. The maximum absolute atomic E-state index is 12.8. The number of ether oxygens (including phenoxy) is 1. The number of carbonyl (C=O) groups excluding carboxylic acids is 2. The van der Waals surface area contributed by atoms with E-state index >= 15 is 0 Å². The molecule has 0 spiro atoms. The first-order valence-corrected chi connectivity index (χ1v) is 12.2. The van der Waals surface area contributed by atoms with E-state index in [1.54, 1.807) is 31.2 Å². The highest BCUT2D eigenvalue weighted by Gasteiger charge is 2.16. The maximum Gasteiger partial charge on any atom is 0.321 e. The number of carbonyl (C=O) groups is 2. The van der Waals surface area contributed by atoms with Gasteiger partial charge < -0.3 is 10.1 Å². The summed E-state index contributed by atoms with van der Waals surface area (Å²) in [7, 11) is -3.57. The molecule has 0 radical (unpaired) electrons. The maximum atomic E-state index is 12.8. The van der Waals surface area contributed by atoms with Crippen LogP contribution in [-0.2, 0) is 23.8 Å². The topological polar surface area (TPSA) is 126 Å². The molecule has 33 heavy (non-hydrogen) atoms. The molecule has 2 aromatic carbocycles. The fourth-order valence-corrected chi connectivity index (χ4v) is 3.37. The highest BCUT2D eigenvalue weighted by molar-refractivity contribution is 7.85. The molecule has 176 valence electrons. The Balaban J connectivity index is 2.10. The zero-order valence-corrected chi connectivity index (χ0v) is 19.4. The lowest BCUT2D eigenvalue weighted by Gasteiger charge is -2.23. The summed E-state index contributed by atoms with van der Waals surface area (Å²) in [6, 6.07) is 16.0. The zero-order chi connectivity index (χ0) is 24.3. The molecule has 2 rings (SSSR count). The normalized spacial score (nSPS) is 10.8. The number of urea groups is 1. The second-order valence-corrected chi connectivity index (χ2v) is 8.70. The minimum atomic E-state index is -3.57. The smallest absolute Gasteiger partial charge is 0.321 e. The quantitative estimate of drug-likeness (QED) is 0.302. The molecule has 10 heteroatoms. The summed E-state index contributed by atoms with van der Waals surface area (Å²) in [5.74, 6) is -0.405. The van der Waals surface area contributed by atoms with Gasteiger partial charge >= 0.3 is 12.0 Å². The van der Waals surface area contributed by atoms with Crippen LogP contribution >= 0.6 is 0 Å². The number of nitrogens with one attached hydrogen (secondary N) is 1. The highest BCUT2D eigenvalue weighted by atomic mass is 32.2. The largest absolute Gasteiger partial charge is 0.466 e. The number of nitrogens with zero attached hydrogens (tertiary/aromatic N) is 2. The van der Waals surface area contributed by atoms with Crippen molar-refractivity contribution in [2.24, 2.45) is 0 Å². The number of hydrogen-bond acceptors (Lipinski definition) is 7. The number of nitriles is 1. The van der Waals surface area contributed by atoms with E-state index in [-0.39, 0.29) is 39.1 Å². The van der Waals surface area contributed by atoms with E-state index in [4.69, 9.17) is 14.2 Å². The van der Waals surface area contributed by atoms with Crippen molar-refractivity contribution in [3.05, 3.63) is 54.1 Å². The molecule has 0 heterocycles.